The summed E-state index contributed by atoms with van der Waals surface area (Å²) in [6, 6.07) is 3.69. The molecule has 3 heterocycles. The average Bonchev–Trinajstić information content (AvgIpc) is 3.16. The van der Waals surface area contributed by atoms with Gasteiger partial charge in [-0.3, -0.25) is 4.79 Å². The fourth-order valence-electron chi connectivity index (χ4n) is 3.47. The van der Waals surface area contributed by atoms with Crippen molar-refractivity contribution in [2.75, 3.05) is 38.7 Å². The number of rotatable bonds is 8. The summed E-state index contributed by atoms with van der Waals surface area (Å²) >= 11 is 0. The minimum atomic E-state index is 0.0471. The van der Waals surface area contributed by atoms with Gasteiger partial charge in [0.25, 0.3) is 5.91 Å². The molecule has 8 nitrogen and oxygen atoms in total. The van der Waals surface area contributed by atoms with Crippen LogP contribution in [0.25, 0.3) is 0 Å². The van der Waals surface area contributed by atoms with E-state index in [1.54, 1.807) is 19.6 Å². The zero-order valence-corrected chi connectivity index (χ0v) is 16.1. The van der Waals surface area contributed by atoms with E-state index in [1.807, 2.05) is 21.6 Å². The number of ether oxygens (including phenoxy) is 1. The first-order valence-electron chi connectivity index (χ1n) is 9.56. The minimum Gasteiger partial charge on any atom is -0.384 e. The Morgan fingerprint density at radius 1 is 1.41 bits per heavy atom. The quantitative estimate of drug-likeness (QED) is 0.761. The second-order valence-electron chi connectivity index (χ2n) is 6.86. The van der Waals surface area contributed by atoms with E-state index in [2.05, 4.69) is 27.4 Å². The Bertz CT molecular complexity index is 728. The van der Waals surface area contributed by atoms with Gasteiger partial charge in [0.15, 0.2) is 0 Å². The van der Waals surface area contributed by atoms with Gasteiger partial charge in [0.05, 0.1) is 12.2 Å². The normalized spacial score (nSPS) is 17.1. The van der Waals surface area contributed by atoms with E-state index in [0.717, 1.165) is 50.5 Å². The molecule has 0 saturated carbocycles. The van der Waals surface area contributed by atoms with Crippen LogP contribution in [0.1, 0.15) is 35.9 Å². The van der Waals surface area contributed by atoms with E-state index >= 15 is 0 Å². The summed E-state index contributed by atoms with van der Waals surface area (Å²) in [7, 11) is 1.71. The molecule has 2 aromatic heterocycles. The Labute approximate surface area is 159 Å². The molecule has 0 aliphatic carbocycles. The van der Waals surface area contributed by atoms with Crippen LogP contribution in [0.2, 0.25) is 0 Å². The Morgan fingerprint density at radius 2 is 2.30 bits per heavy atom. The molecule has 0 radical (unpaired) electrons. The van der Waals surface area contributed by atoms with Gasteiger partial charge in [0, 0.05) is 45.9 Å². The Morgan fingerprint density at radius 3 is 3.04 bits per heavy atom. The number of hydrogen-bond donors (Lipinski definition) is 1. The summed E-state index contributed by atoms with van der Waals surface area (Å²) in [5, 5.41) is 11.3. The van der Waals surface area contributed by atoms with Crippen molar-refractivity contribution >= 4 is 11.7 Å². The lowest BCUT2D eigenvalue weighted by Gasteiger charge is -2.32. The Hall–Kier alpha value is -2.48. The van der Waals surface area contributed by atoms with Gasteiger partial charge in [-0.15, -0.1) is 10.2 Å². The van der Waals surface area contributed by atoms with Gasteiger partial charge in [0.1, 0.15) is 18.0 Å². The molecule has 0 spiro atoms. The van der Waals surface area contributed by atoms with Crippen molar-refractivity contribution < 1.29 is 9.53 Å². The number of likely N-dealkylation sites (tertiary alicyclic amines) is 1. The van der Waals surface area contributed by atoms with Crippen molar-refractivity contribution in [3.8, 4) is 0 Å². The molecule has 1 N–H and O–H groups in total. The van der Waals surface area contributed by atoms with Crippen LogP contribution in [0.5, 0.6) is 0 Å². The van der Waals surface area contributed by atoms with Gasteiger partial charge in [-0.05, 0) is 37.8 Å². The second kappa shape index (κ2) is 9.45. The maximum absolute atomic E-state index is 12.7. The molecule has 1 aliphatic heterocycles. The molecule has 27 heavy (non-hydrogen) atoms. The molecule has 146 valence electrons. The highest BCUT2D eigenvalue weighted by Crippen LogP contribution is 2.19. The first-order chi connectivity index (χ1) is 13.2. The fraction of sp³-hybridized carbons (Fsp3) is 0.579. The molecule has 0 bridgehead atoms. The van der Waals surface area contributed by atoms with Crippen LogP contribution < -0.4 is 5.32 Å². The van der Waals surface area contributed by atoms with Crippen molar-refractivity contribution in [2.45, 2.75) is 32.7 Å². The van der Waals surface area contributed by atoms with Gasteiger partial charge in [-0.2, -0.15) is 0 Å². The van der Waals surface area contributed by atoms with Gasteiger partial charge < -0.3 is 19.5 Å². The lowest BCUT2D eigenvalue weighted by Crippen LogP contribution is -2.41. The summed E-state index contributed by atoms with van der Waals surface area (Å²) in [6.45, 7) is 5.90. The van der Waals surface area contributed by atoms with Crippen LogP contribution in [0, 0.1) is 5.92 Å². The number of hydrogen-bond acceptors (Lipinski definition) is 6. The number of anilines is 1. The van der Waals surface area contributed by atoms with E-state index in [9.17, 15) is 4.79 Å². The minimum absolute atomic E-state index is 0.0471. The molecular formula is C19H28N6O2. The van der Waals surface area contributed by atoms with Crippen molar-refractivity contribution in [3.05, 3.63) is 36.0 Å². The third-order valence-electron chi connectivity index (χ3n) is 4.91. The molecule has 2 aromatic rings. The Kier molecular flexibility index (Phi) is 6.75. The second-order valence-corrected chi connectivity index (χ2v) is 6.86. The topological polar surface area (TPSA) is 85.2 Å². The van der Waals surface area contributed by atoms with Gasteiger partial charge in [0.2, 0.25) is 0 Å². The molecule has 1 saturated heterocycles. The number of nitrogens with zero attached hydrogens (tertiary/aromatic N) is 5. The highest BCUT2D eigenvalue weighted by Gasteiger charge is 2.24. The molecular weight excluding hydrogens is 344 g/mol. The number of aromatic nitrogens is 4. The van der Waals surface area contributed by atoms with Gasteiger partial charge in [-0.25, -0.2) is 4.98 Å². The first kappa shape index (κ1) is 19.3. The smallest absolute Gasteiger partial charge is 0.255 e. The maximum Gasteiger partial charge on any atom is 0.255 e. The Balaban J connectivity index is 1.51. The lowest BCUT2D eigenvalue weighted by atomic mass is 9.98. The number of pyridine rings is 1. The van der Waals surface area contributed by atoms with E-state index in [4.69, 9.17) is 4.74 Å². The number of piperidine rings is 1. The molecule has 1 amide bonds. The van der Waals surface area contributed by atoms with Crippen LogP contribution in [-0.2, 0) is 17.7 Å². The summed E-state index contributed by atoms with van der Waals surface area (Å²) in [6.07, 6.45) is 6.30. The van der Waals surface area contributed by atoms with E-state index in [-0.39, 0.29) is 5.91 Å². The van der Waals surface area contributed by atoms with E-state index in [1.165, 1.54) is 0 Å². The molecule has 1 atom stereocenters. The van der Waals surface area contributed by atoms with Crippen molar-refractivity contribution in [1.29, 1.82) is 0 Å². The predicted molar refractivity (Wildman–Crippen MR) is 103 cm³/mol. The molecule has 0 aromatic carbocycles. The monoisotopic (exact) mass is 372 g/mol. The van der Waals surface area contributed by atoms with Crippen LogP contribution in [0.15, 0.2) is 24.7 Å². The maximum atomic E-state index is 12.7. The van der Waals surface area contributed by atoms with E-state index < -0.39 is 0 Å². The number of nitrogens with one attached hydrogen (secondary N) is 1. The summed E-state index contributed by atoms with van der Waals surface area (Å²) in [5.74, 6) is 2.18. The highest BCUT2D eigenvalue weighted by atomic mass is 16.5. The molecule has 1 aliphatic rings. The lowest BCUT2D eigenvalue weighted by molar-refractivity contribution is 0.0570. The van der Waals surface area contributed by atoms with Crippen LogP contribution >= 0.6 is 0 Å². The van der Waals surface area contributed by atoms with E-state index in [0.29, 0.717) is 24.6 Å². The molecule has 1 fully saturated rings. The van der Waals surface area contributed by atoms with Crippen LogP contribution in [0.3, 0.4) is 0 Å². The van der Waals surface area contributed by atoms with Crippen molar-refractivity contribution in [2.24, 2.45) is 5.92 Å². The average molecular weight is 372 g/mol. The molecule has 8 heteroatoms. The summed E-state index contributed by atoms with van der Waals surface area (Å²) < 4.78 is 7.26. The van der Waals surface area contributed by atoms with Crippen molar-refractivity contribution in [1.82, 2.24) is 24.6 Å². The van der Waals surface area contributed by atoms with Gasteiger partial charge >= 0.3 is 0 Å². The zero-order chi connectivity index (χ0) is 19.1. The predicted octanol–water partition coefficient (Wildman–Crippen LogP) is 1.85. The largest absolute Gasteiger partial charge is 0.384 e. The standard InChI is InChI=1S/C19H28N6O2/c1-3-24-14-22-23-18(24)8-9-20-17-7-6-16(11-21-17)19(26)25-10-4-5-15(12-25)13-27-2/h6-7,11,14-15H,3-5,8-10,12-13H2,1-2H3,(H,20,21)/t15-/m0/s1. The van der Waals surface area contributed by atoms with Crippen LogP contribution in [-0.4, -0.2) is 63.9 Å². The number of methoxy groups -OCH3 is 1. The SMILES string of the molecule is CCn1cnnc1CCNc1ccc(C(=O)N2CCC[C@H](COC)C2)cn1. The molecule has 0 unspecified atom stereocenters. The number of carbonyl (C=O) groups excluding carboxylic acids is 1. The number of aryl methyl sites for hydroxylation is 1. The number of amides is 1. The number of carbonyl (C=O) groups is 1. The molecule has 3 rings (SSSR count). The highest BCUT2D eigenvalue weighted by molar-refractivity contribution is 5.94. The third-order valence-corrected chi connectivity index (χ3v) is 4.91. The van der Waals surface area contributed by atoms with Gasteiger partial charge in [-0.1, -0.05) is 0 Å². The zero-order valence-electron chi connectivity index (χ0n) is 16.1. The van der Waals surface area contributed by atoms with Crippen LogP contribution in [0.4, 0.5) is 5.82 Å². The summed E-state index contributed by atoms with van der Waals surface area (Å²) in [4.78, 5) is 19.0. The fourth-order valence-corrected chi connectivity index (χ4v) is 3.47. The van der Waals surface area contributed by atoms with Crippen molar-refractivity contribution in [3.63, 3.8) is 0 Å². The third kappa shape index (κ3) is 5.03. The first-order valence-corrected chi connectivity index (χ1v) is 9.56. The summed E-state index contributed by atoms with van der Waals surface area (Å²) in [5.41, 5.74) is 0.629.